The highest BCUT2D eigenvalue weighted by atomic mass is 127. The molecule has 2 saturated heterocycles. The zero-order valence-corrected chi connectivity index (χ0v) is 17.3. The van der Waals surface area contributed by atoms with E-state index in [0.29, 0.717) is 18.9 Å². The van der Waals surface area contributed by atoms with Gasteiger partial charge in [0.25, 0.3) is 0 Å². The molecule has 0 radical (unpaired) electrons. The lowest BCUT2D eigenvalue weighted by Crippen LogP contribution is -2.46. The highest BCUT2D eigenvalue weighted by molar-refractivity contribution is 14.0. The molecule has 0 bridgehead atoms. The third-order valence-corrected chi connectivity index (χ3v) is 4.80. The topological polar surface area (TPSA) is 60.0 Å². The Morgan fingerprint density at radius 1 is 1.28 bits per heavy atom. The van der Waals surface area contributed by atoms with Crippen LogP contribution in [0.1, 0.15) is 12.8 Å². The van der Waals surface area contributed by atoms with Crippen LogP contribution in [0.4, 0.5) is 5.69 Å². The molecule has 0 aromatic heterocycles. The van der Waals surface area contributed by atoms with Crippen LogP contribution < -0.4 is 15.5 Å². The van der Waals surface area contributed by atoms with Crippen LogP contribution in [0.5, 0.6) is 0 Å². The van der Waals surface area contributed by atoms with Crippen molar-refractivity contribution in [1.82, 2.24) is 15.5 Å². The fourth-order valence-electron chi connectivity index (χ4n) is 3.48. The highest BCUT2D eigenvalue weighted by Crippen LogP contribution is 2.21. The molecular formula is C18H28IN5O. The number of guanidine groups is 1. The van der Waals surface area contributed by atoms with E-state index in [1.165, 1.54) is 13.0 Å². The van der Waals surface area contributed by atoms with E-state index >= 15 is 0 Å². The molecule has 2 heterocycles. The van der Waals surface area contributed by atoms with Gasteiger partial charge in [0.15, 0.2) is 5.96 Å². The maximum Gasteiger partial charge on any atom is 0.229 e. The van der Waals surface area contributed by atoms with Crippen molar-refractivity contribution in [2.24, 2.45) is 10.9 Å². The second kappa shape index (κ2) is 9.38. The Morgan fingerprint density at radius 3 is 2.68 bits per heavy atom. The van der Waals surface area contributed by atoms with Crippen LogP contribution >= 0.6 is 24.0 Å². The van der Waals surface area contributed by atoms with E-state index in [4.69, 9.17) is 0 Å². The number of carbonyl (C=O) groups excluding carboxylic acids is 1. The van der Waals surface area contributed by atoms with Gasteiger partial charge in [-0.2, -0.15) is 0 Å². The molecule has 1 amide bonds. The van der Waals surface area contributed by atoms with Crippen molar-refractivity contribution < 1.29 is 4.79 Å². The largest absolute Gasteiger partial charge is 0.356 e. The first-order chi connectivity index (χ1) is 11.7. The molecule has 2 unspecified atom stereocenters. The molecule has 0 saturated carbocycles. The van der Waals surface area contributed by atoms with Gasteiger partial charge in [-0.05, 0) is 38.1 Å². The maximum atomic E-state index is 12.3. The minimum absolute atomic E-state index is 0. The number of nitrogens with one attached hydrogen (secondary N) is 2. The SMILES string of the molecule is CN=C(NCC1CCN(C)C1)NC1CC(=O)N(c2ccccc2)C1.I. The number of anilines is 1. The number of para-hydroxylation sites is 1. The van der Waals surface area contributed by atoms with Crippen molar-refractivity contribution in [3.8, 4) is 0 Å². The normalized spacial score (nSPS) is 24.3. The van der Waals surface area contributed by atoms with Gasteiger partial charge in [0, 0.05) is 38.8 Å². The number of rotatable bonds is 4. The summed E-state index contributed by atoms with van der Waals surface area (Å²) < 4.78 is 0. The van der Waals surface area contributed by atoms with Crippen molar-refractivity contribution in [1.29, 1.82) is 0 Å². The molecule has 25 heavy (non-hydrogen) atoms. The third kappa shape index (κ3) is 5.31. The monoisotopic (exact) mass is 457 g/mol. The van der Waals surface area contributed by atoms with E-state index in [-0.39, 0.29) is 35.9 Å². The summed E-state index contributed by atoms with van der Waals surface area (Å²) in [7, 11) is 3.94. The molecule has 2 fully saturated rings. The average molecular weight is 457 g/mol. The molecule has 2 atom stereocenters. The summed E-state index contributed by atoms with van der Waals surface area (Å²) in [6.45, 7) is 3.90. The van der Waals surface area contributed by atoms with E-state index in [0.717, 1.165) is 24.7 Å². The number of amides is 1. The van der Waals surface area contributed by atoms with Crippen LogP contribution in [0.3, 0.4) is 0 Å². The summed E-state index contributed by atoms with van der Waals surface area (Å²) in [6, 6.07) is 9.93. The Bertz CT molecular complexity index is 594. The number of nitrogens with zero attached hydrogens (tertiary/aromatic N) is 3. The van der Waals surface area contributed by atoms with Crippen LogP contribution in [-0.4, -0.2) is 63.1 Å². The minimum atomic E-state index is 0. The Labute approximate surface area is 167 Å². The maximum absolute atomic E-state index is 12.3. The van der Waals surface area contributed by atoms with E-state index in [1.54, 1.807) is 7.05 Å². The zero-order valence-electron chi connectivity index (χ0n) is 14.9. The van der Waals surface area contributed by atoms with E-state index in [2.05, 4.69) is 27.6 Å². The van der Waals surface area contributed by atoms with Crippen molar-refractivity contribution >= 4 is 41.5 Å². The van der Waals surface area contributed by atoms with Gasteiger partial charge >= 0.3 is 0 Å². The summed E-state index contributed by atoms with van der Waals surface area (Å²) in [5.41, 5.74) is 0.962. The number of aliphatic imine (C=N–C) groups is 1. The highest BCUT2D eigenvalue weighted by Gasteiger charge is 2.31. The molecule has 138 valence electrons. The molecule has 6 nitrogen and oxygen atoms in total. The summed E-state index contributed by atoms with van der Waals surface area (Å²) in [5.74, 6) is 1.61. The van der Waals surface area contributed by atoms with Gasteiger partial charge in [-0.1, -0.05) is 18.2 Å². The number of hydrogen-bond donors (Lipinski definition) is 2. The predicted molar refractivity (Wildman–Crippen MR) is 113 cm³/mol. The molecule has 1 aromatic rings. The van der Waals surface area contributed by atoms with E-state index < -0.39 is 0 Å². The molecule has 3 rings (SSSR count). The van der Waals surface area contributed by atoms with Gasteiger partial charge < -0.3 is 20.4 Å². The quantitative estimate of drug-likeness (QED) is 0.409. The fourth-order valence-corrected chi connectivity index (χ4v) is 3.48. The predicted octanol–water partition coefficient (Wildman–Crippen LogP) is 1.53. The number of likely N-dealkylation sites (tertiary alicyclic amines) is 1. The second-order valence-electron chi connectivity index (χ2n) is 6.76. The molecule has 0 aliphatic carbocycles. The first-order valence-electron chi connectivity index (χ1n) is 8.67. The number of benzene rings is 1. The van der Waals surface area contributed by atoms with Gasteiger partial charge in [-0.25, -0.2) is 0 Å². The van der Waals surface area contributed by atoms with Gasteiger partial charge in [0.05, 0.1) is 6.04 Å². The van der Waals surface area contributed by atoms with Crippen molar-refractivity contribution in [3.63, 3.8) is 0 Å². The van der Waals surface area contributed by atoms with Gasteiger partial charge in [-0.3, -0.25) is 9.79 Å². The average Bonchev–Trinajstić information content (AvgIpc) is 3.17. The summed E-state index contributed by atoms with van der Waals surface area (Å²) in [4.78, 5) is 20.8. The Morgan fingerprint density at radius 2 is 2.04 bits per heavy atom. The first kappa shape index (κ1) is 20.0. The molecule has 2 N–H and O–H groups in total. The summed E-state index contributed by atoms with van der Waals surface area (Å²) in [6.07, 6.45) is 1.73. The Hall–Kier alpha value is -1.35. The van der Waals surface area contributed by atoms with Crippen LogP contribution in [0, 0.1) is 5.92 Å². The molecule has 7 heteroatoms. The summed E-state index contributed by atoms with van der Waals surface area (Å²) >= 11 is 0. The minimum Gasteiger partial charge on any atom is -0.356 e. The molecule has 2 aliphatic rings. The van der Waals surface area contributed by atoms with Crippen molar-refractivity contribution in [2.45, 2.75) is 18.9 Å². The molecule has 2 aliphatic heterocycles. The van der Waals surface area contributed by atoms with Gasteiger partial charge in [0.2, 0.25) is 5.91 Å². The Balaban J connectivity index is 0.00000225. The van der Waals surface area contributed by atoms with Crippen LogP contribution in [-0.2, 0) is 4.79 Å². The molecule has 0 spiro atoms. The standard InChI is InChI=1S/C18H27N5O.HI/c1-19-18(20-11-14-8-9-22(2)12-14)21-15-10-17(24)23(13-15)16-6-4-3-5-7-16;/h3-7,14-15H,8-13H2,1-2H3,(H2,19,20,21);1H. The van der Waals surface area contributed by atoms with Gasteiger partial charge in [0.1, 0.15) is 0 Å². The zero-order chi connectivity index (χ0) is 16.9. The van der Waals surface area contributed by atoms with E-state index in [1.807, 2.05) is 35.2 Å². The molecule has 1 aromatic carbocycles. The first-order valence-corrected chi connectivity index (χ1v) is 8.67. The van der Waals surface area contributed by atoms with Crippen molar-refractivity contribution in [3.05, 3.63) is 30.3 Å². The fraction of sp³-hybridized carbons (Fsp3) is 0.556. The number of carbonyl (C=O) groups is 1. The Kier molecular flexibility index (Phi) is 7.49. The molecular weight excluding hydrogens is 429 g/mol. The summed E-state index contributed by atoms with van der Waals surface area (Å²) in [5, 5.41) is 6.80. The third-order valence-electron chi connectivity index (χ3n) is 4.80. The smallest absolute Gasteiger partial charge is 0.229 e. The lowest BCUT2D eigenvalue weighted by Gasteiger charge is -2.20. The van der Waals surface area contributed by atoms with Crippen LogP contribution in [0.25, 0.3) is 0 Å². The number of halogens is 1. The van der Waals surface area contributed by atoms with E-state index in [9.17, 15) is 4.79 Å². The lowest BCUT2D eigenvalue weighted by molar-refractivity contribution is -0.117. The van der Waals surface area contributed by atoms with Crippen molar-refractivity contribution in [2.75, 3.05) is 45.2 Å². The van der Waals surface area contributed by atoms with Crippen LogP contribution in [0.2, 0.25) is 0 Å². The second-order valence-corrected chi connectivity index (χ2v) is 6.76. The number of hydrogen-bond acceptors (Lipinski definition) is 3. The lowest BCUT2D eigenvalue weighted by atomic mass is 10.1. The van der Waals surface area contributed by atoms with Crippen LogP contribution in [0.15, 0.2) is 35.3 Å². The van der Waals surface area contributed by atoms with Gasteiger partial charge in [-0.15, -0.1) is 24.0 Å².